The Labute approximate surface area is 124 Å². The van der Waals surface area contributed by atoms with Crippen LogP contribution in [0.4, 0.5) is 10.9 Å². The molecule has 1 aliphatic carbocycles. The topological polar surface area (TPSA) is 80.0 Å². The van der Waals surface area contributed by atoms with Crippen molar-refractivity contribution in [3.05, 3.63) is 4.88 Å². The van der Waals surface area contributed by atoms with Crippen molar-refractivity contribution in [2.75, 3.05) is 17.6 Å². The number of nitrogens with two attached hydrogens (primary N) is 1. The molecule has 1 atom stereocenters. The number of hydrogen-bond donors (Lipinski definition) is 3. The lowest BCUT2D eigenvalue weighted by Crippen LogP contribution is -2.40. The van der Waals surface area contributed by atoms with Crippen LogP contribution < -0.4 is 16.4 Å². The van der Waals surface area contributed by atoms with Crippen LogP contribution in [0, 0.1) is 5.41 Å². The van der Waals surface area contributed by atoms with E-state index < -0.39 is 0 Å². The van der Waals surface area contributed by atoms with E-state index in [1.54, 1.807) is 0 Å². The molecule has 0 radical (unpaired) electrons. The van der Waals surface area contributed by atoms with Crippen molar-refractivity contribution in [3.8, 4) is 0 Å². The third-order valence-electron chi connectivity index (χ3n) is 3.73. The Kier molecular flexibility index (Phi) is 4.52. The fourth-order valence-electron chi connectivity index (χ4n) is 2.79. The van der Waals surface area contributed by atoms with Crippen LogP contribution >= 0.6 is 11.3 Å². The van der Waals surface area contributed by atoms with Crippen LogP contribution in [-0.4, -0.2) is 23.5 Å². The van der Waals surface area contributed by atoms with E-state index in [1.807, 2.05) is 6.92 Å². The fraction of sp³-hybridized carbons (Fsp3) is 0.714. The molecule has 6 heteroatoms. The molecule has 1 unspecified atom stereocenters. The van der Waals surface area contributed by atoms with E-state index in [1.165, 1.54) is 24.2 Å². The van der Waals surface area contributed by atoms with Crippen molar-refractivity contribution >= 4 is 28.2 Å². The van der Waals surface area contributed by atoms with E-state index in [9.17, 15) is 4.79 Å². The van der Waals surface area contributed by atoms with Gasteiger partial charge in [0.2, 0.25) is 0 Å². The number of nitrogens with zero attached hydrogens (tertiary/aromatic N) is 1. The van der Waals surface area contributed by atoms with Gasteiger partial charge in [-0.1, -0.05) is 31.6 Å². The van der Waals surface area contributed by atoms with Crippen molar-refractivity contribution < 1.29 is 4.79 Å². The minimum absolute atomic E-state index is 0.0909. The van der Waals surface area contributed by atoms with Gasteiger partial charge in [0, 0.05) is 12.6 Å². The van der Waals surface area contributed by atoms with Gasteiger partial charge in [0.1, 0.15) is 10.7 Å². The summed E-state index contributed by atoms with van der Waals surface area (Å²) in [4.78, 5) is 17.0. The van der Waals surface area contributed by atoms with Crippen LogP contribution in [0.5, 0.6) is 0 Å². The predicted molar refractivity (Wildman–Crippen MR) is 84.2 cm³/mol. The Morgan fingerprint density at radius 1 is 1.55 bits per heavy atom. The maximum Gasteiger partial charge on any atom is 0.265 e. The summed E-state index contributed by atoms with van der Waals surface area (Å²) in [6, 6.07) is 0.246. The van der Waals surface area contributed by atoms with Gasteiger partial charge >= 0.3 is 0 Å². The van der Waals surface area contributed by atoms with Gasteiger partial charge in [-0.05, 0) is 31.6 Å². The van der Waals surface area contributed by atoms with E-state index in [0.717, 1.165) is 19.4 Å². The summed E-state index contributed by atoms with van der Waals surface area (Å²) in [5.74, 6) is 0.227. The maximum absolute atomic E-state index is 12.3. The first kappa shape index (κ1) is 15.1. The number of nitrogen functional groups attached to an aromatic ring is 1. The molecule has 1 fully saturated rings. The molecule has 1 heterocycles. The summed E-state index contributed by atoms with van der Waals surface area (Å²) >= 11 is 1.32. The van der Waals surface area contributed by atoms with Crippen LogP contribution in [0.2, 0.25) is 0 Å². The highest BCUT2D eigenvalue weighted by Crippen LogP contribution is 2.35. The third-order valence-corrected chi connectivity index (χ3v) is 4.76. The molecule has 20 heavy (non-hydrogen) atoms. The summed E-state index contributed by atoms with van der Waals surface area (Å²) in [7, 11) is 0. The molecule has 112 valence electrons. The quantitative estimate of drug-likeness (QED) is 0.798. The summed E-state index contributed by atoms with van der Waals surface area (Å²) in [6.45, 7) is 7.28. The molecule has 4 N–H and O–H groups in total. The van der Waals surface area contributed by atoms with Crippen molar-refractivity contribution in [2.45, 2.75) is 52.5 Å². The molecule has 0 bridgehead atoms. The number of amides is 1. The number of carbonyl (C=O) groups is 1. The van der Waals surface area contributed by atoms with Crippen LogP contribution in [-0.2, 0) is 0 Å². The Morgan fingerprint density at radius 2 is 2.30 bits per heavy atom. The number of rotatable bonds is 4. The van der Waals surface area contributed by atoms with Gasteiger partial charge < -0.3 is 16.4 Å². The normalized spacial score (nSPS) is 21.4. The van der Waals surface area contributed by atoms with Crippen molar-refractivity contribution in [2.24, 2.45) is 5.41 Å². The van der Waals surface area contributed by atoms with E-state index in [-0.39, 0.29) is 11.9 Å². The molecule has 0 aromatic carbocycles. The lowest BCUT2D eigenvalue weighted by molar-refractivity contribution is 0.0907. The van der Waals surface area contributed by atoms with Crippen LogP contribution in [0.1, 0.15) is 56.1 Å². The smallest absolute Gasteiger partial charge is 0.265 e. The first-order valence-corrected chi connectivity index (χ1v) is 8.04. The molecule has 1 aliphatic rings. The lowest BCUT2D eigenvalue weighted by atomic mass is 9.75. The van der Waals surface area contributed by atoms with E-state index >= 15 is 0 Å². The number of thiazole rings is 1. The number of anilines is 2. The molecule has 1 saturated carbocycles. The second kappa shape index (κ2) is 5.99. The zero-order valence-electron chi connectivity index (χ0n) is 12.5. The number of hydrogen-bond acceptors (Lipinski definition) is 5. The van der Waals surface area contributed by atoms with Gasteiger partial charge in [0.05, 0.1) is 0 Å². The summed E-state index contributed by atoms with van der Waals surface area (Å²) in [5, 5.41) is 6.91. The molecule has 0 aliphatic heterocycles. The molecule has 2 rings (SSSR count). The monoisotopic (exact) mass is 296 g/mol. The summed E-state index contributed by atoms with van der Waals surface area (Å²) in [5.41, 5.74) is 6.14. The average molecular weight is 296 g/mol. The summed E-state index contributed by atoms with van der Waals surface area (Å²) in [6.07, 6.45) is 4.47. The first-order chi connectivity index (χ1) is 9.41. The van der Waals surface area contributed by atoms with Gasteiger partial charge in [-0.2, -0.15) is 0 Å². The number of carbonyl (C=O) groups excluding carboxylic acids is 1. The molecule has 1 amide bonds. The highest BCUT2D eigenvalue weighted by atomic mass is 32.1. The van der Waals surface area contributed by atoms with Crippen molar-refractivity contribution in [1.29, 1.82) is 0 Å². The second-order valence-electron chi connectivity index (χ2n) is 6.19. The Morgan fingerprint density at radius 3 is 2.95 bits per heavy atom. The van der Waals surface area contributed by atoms with Gasteiger partial charge in [0.25, 0.3) is 5.91 Å². The fourth-order valence-corrected chi connectivity index (χ4v) is 3.65. The Balaban J connectivity index is 2.01. The third kappa shape index (κ3) is 3.62. The average Bonchev–Trinajstić information content (AvgIpc) is 2.69. The van der Waals surface area contributed by atoms with Crippen molar-refractivity contribution in [3.63, 3.8) is 0 Å². The Hall–Kier alpha value is -1.30. The van der Waals surface area contributed by atoms with Gasteiger partial charge in [-0.25, -0.2) is 4.98 Å². The molecular formula is C14H24N4OS. The zero-order valence-corrected chi connectivity index (χ0v) is 13.3. The maximum atomic E-state index is 12.3. The largest absolute Gasteiger partial charge is 0.382 e. The molecule has 1 aromatic heterocycles. The van der Waals surface area contributed by atoms with E-state index in [2.05, 4.69) is 29.5 Å². The number of aromatic nitrogens is 1. The molecule has 5 nitrogen and oxygen atoms in total. The van der Waals surface area contributed by atoms with E-state index in [0.29, 0.717) is 21.2 Å². The minimum atomic E-state index is -0.0909. The standard InChI is InChI=1S/C14H24N4OS/c1-4-16-13-18-11(15)10(20-13)12(19)17-9-6-5-7-14(2,3)8-9/h9H,4-8,15H2,1-3H3,(H,16,18)(H,17,19). The predicted octanol–water partition coefficient (Wildman–Crippen LogP) is 2.86. The molecular weight excluding hydrogens is 272 g/mol. The van der Waals surface area contributed by atoms with Crippen LogP contribution in [0.25, 0.3) is 0 Å². The van der Waals surface area contributed by atoms with Gasteiger partial charge in [-0.15, -0.1) is 0 Å². The van der Waals surface area contributed by atoms with Gasteiger partial charge in [0.15, 0.2) is 5.13 Å². The zero-order chi connectivity index (χ0) is 14.8. The van der Waals surface area contributed by atoms with Crippen molar-refractivity contribution in [1.82, 2.24) is 10.3 Å². The van der Waals surface area contributed by atoms with Gasteiger partial charge in [-0.3, -0.25) is 4.79 Å². The molecule has 1 aromatic rings. The van der Waals surface area contributed by atoms with Crippen LogP contribution in [0.15, 0.2) is 0 Å². The minimum Gasteiger partial charge on any atom is -0.382 e. The van der Waals surface area contributed by atoms with Crippen LogP contribution in [0.3, 0.4) is 0 Å². The molecule has 0 saturated heterocycles. The van der Waals surface area contributed by atoms with E-state index in [4.69, 9.17) is 5.73 Å². The Bertz CT molecular complexity index is 484. The summed E-state index contributed by atoms with van der Waals surface area (Å²) < 4.78 is 0. The lowest BCUT2D eigenvalue weighted by Gasteiger charge is -2.35. The first-order valence-electron chi connectivity index (χ1n) is 7.22. The number of nitrogens with one attached hydrogen (secondary N) is 2. The highest BCUT2D eigenvalue weighted by molar-refractivity contribution is 7.18. The second-order valence-corrected chi connectivity index (χ2v) is 7.19. The SMILES string of the molecule is CCNc1nc(N)c(C(=O)NC2CCCC(C)(C)C2)s1. The highest BCUT2D eigenvalue weighted by Gasteiger charge is 2.29. The molecule has 0 spiro atoms.